The molecule has 0 aromatic heterocycles. The van der Waals surface area contributed by atoms with Crippen LogP contribution in [0.4, 0.5) is 0 Å². The van der Waals surface area contributed by atoms with Gasteiger partial charge in [0.2, 0.25) is 0 Å². The summed E-state index contributed by atoms with van der Waals surface area (Å²) in [4.78, 5) is 0. The summed E-state index contributed by atoms with van der Waals surface area (Å²) >= 11 is 0. The van der Waals surface area contributed by atoms with Gasteiger partial charge in [0.25, 0.3) is 0 Å². The van der Waals surface area contributed by atoms with Crippen molar-refractivity contribution in [3.05, 3.63) is 108 Å². The first kappa shape index (κ1) is 25.3. The van der Waals surface area contributed by atoms with Gasteiger partial charge in [-0.15, -0.1) is 0 Å². The monoisotopic (exact) mass is 508 g/mol. The summed E-state index contributed by atoms with van der Waals surface area (Å²) < 4.78 is 45.0. The summed E-state index contributed by atoms with van der Waals surface area (Å²) in [6.07, 6.45) is -2.48. The summed E-state index contributed by atoms with van der Waals surface area (Å²) in [6, 6.07) is 29.8. The summed E-state index contributed by atoms with van der Waals surface area (Å²) in [5.74, 6) is 0.451. The maximum absolute atomic E-state index is 13.1. The average Bonchev–Trinajstić information content (AvgIpc) is 2.95. The smallest absolute Gasteiger partial charge is 0.184 e. The van der Waals surface area contributed by atoms with E-state index < -0.39 is 46.9 Å². The fourth-order valence-corrected chi connectivity index (χ4v) is 5.73. The average molecular weight is 509 g/mol. The molecule has 6 nitrogen and oxygen atoms in total. The molecular formula is C29H32O6S. The molecular weight excluding hydrogens is 476 g/mol. The fourth-order valence-electron chi connectivity index (χ4n) is 4.60. The molecule has 2 aliphatic heterocycles. The molecule has 0 unspecified atom stereocenters. The van der Waals surface area contributed by atoms with Crippen molar-refractivity contribution in [3.8, 4) is 0 Å². The van der Waals surface area contributed by atoms with Crippen molar-refractivity contribution in [2.24, 2.45) is 0 Å². The van der Waals surface area contributed by atoms with Gasteiger partial charge >= 0.3 is 0 Å². The molecule has 3 aromatic carbocycles. The lowest BCUT2D eigenvalue weighted by Gasteiger charge is -2.49. The van der Waals surface area contributed by atoms with E-state index in [1.54, 1.807) is 0 Å². The number of benzene rings is 3. The van der Waals surface area contributed by atoms with Gasteiger partial charge in [-0.25, -0.2) is 0 Å². The molecule has 0 spiro atoms. The molecule has 36 heavy (non-hydrogen) atoms. The summed E-state index contributed by atoms with van der Waals surface area (Å²) in [5, 5.41) is 0. The predicted molar refractivity (Wildman–Crippen MR) is 137 cm³/mol. The number of hydrogen-bond donors (Lipinski definition) is 0. The molecule has 2 fully saturated rings. The summed E-state index contributed by atoms with van der Waals surface area (Å²) in [6.45, 7) is 2.94. The summed E-state index contributed by atoms with van der Waals surface area (Å²) in [7, 11) is -1.27. The molecule has 3 aromatic rings. The first-order chi connectivity index (χ1) is 17.7. The highest BCUT2D eigenvalue weighted by Crippen LogP contribution is 2.37. The Morgan fingerprint density at radius 3 is 1.92 bits per heavy atom. The zero-order valence-electron chi connectivity index (χ0n) is 20.3. The normalized spacial score (nSPS) is 28.8. The van der Waals surface area contributed by atoms with E-state index in [4.69, 9.17) is 23.7 Å². The van der Waals surface area contributed by atoms with Gasteiger partial charge in [0.05, 0.1) is 30.6 Å². The highest BCUT2D eigenvalue weighted by Gasteiger charge is 2.52. The number of fused-ring (bicyclic) bond motifs is 1. The second-order valence-electron chi connectivity index (χ2n) is 8.91. The second-order valence-corrected chi connectivity index (χ2v) is 10.7. The van der Waals surface area contributed by atoms with Crippen LogP contribution < -0.4 is 0 Å². The maximum Gasteiger partial charge on any atom is 0.184 e. The van der Waals surface area contributed by atoms with Crippen LogP contribution in [0.2, 0.25) is 0 Å². The molecule has 2 saturated heterocycles. The van der Waals surface area contributed by atoms with E-state index in [1.807, 2.05) is 97.9 Å². The van der Waals surface area contributed by atoms with Crippen LogP contribution in [0.5, 0.6) is 0 Å². The number of ether oxygens (including phenoxy) is 5. The highest BCUT2D eigenvalue weighted by atomic mass is 32.2. The Bertz CT molecular complexity index is 1100. The van der Waals surface area contributed by atoms with Crippen molar-refractivity contribution >= 4 is 10.8 Å². The first-order valence-electron chi connectivity index (χ1n) is 12.4. The minimum atomic E-state index is -1.27. The Morgan fingerprint density at radius 2 is 1.33 bits per heavy atom. The minimum absolute atomic E-state index is 0.318. The van der Waals surface area contributed by atoms with E-state index in [-0.39, 0.29) is 0 Å². The summed E-state index contributed by atoms with van der Waals surface area (Å²) in [5.41, 5.74) is 2.35. The molecule has 0 N–H and O–H groups in total. The van der Waals surface area contributed by atoms with E-state index in [1.165, 1.54) is 0 Å². The predicted octanol–water partition coefficient (Wildman–Crippen LogP) is 4.76. The zero-order valence-corrected chi connectivity index (χ0v) is 21.1. The molecule has 2 aliphatic rings. The molecule has 0 radical (unpaired) electrons. The van der Waals surface area contributed by atoms with Crippen molar-refractivity contribution in [1.82, 2.24) is 0 Å². The van der Waals surface area contributed by atoms with Crippen LogP contribution >= 0.6 is 0 Å². The third kappa shape index (κ3) is 5.94. The van der Waals surface area contributed by atoms with E-state index in [2.05, 4.69) is 0 Å². The largest absolute Gasteiger partial charge is 0.368 e. The Hall–Kier alpha value is -2.39. The Labute approximate surface area is 214 Å². The quantitative estimate of drug-likeness (QED) is 0.415. The molecule has 5 rings (SSSR count). The van der Waals surface area contributed by atoms with E-state index in [0.717, 1.165) is 16.7 Å². The molecule has 0 aliphatic carbocycles. The lowest BCUT2D eigenvalue weighted by Crippen LogP contribution is -2.64. The molecule has 0 amide bonds. The molecule has 2 heterocycles. The molecule has 0 saturated carbocycles. The van der Waals surface area contributed by atoms with Gasteiger partial charge in [-0.2, -0.15) is 0 Å². The van der Waals surface area contributed by atoms with Crippen molar-refractivity contribution < 1.29 is 27.9 Å². The topological polar surface area (TPSA) is 63.2 Å². The highest BCUT2D eigenvalue weighted by molar-refractivity contribution is 7.85. The zero-order chi connectivity index (χ0) is 24.7. The standard InChI is InChI=1S/C29H32O6S/c1-2-36(30)29-27(32-19-22-14-8-4-9-15-22)26(31-18-21-12-6-3-7-13-21)25-24(34-29)20-33-28(35-25)23-16-10-5-11-17-23/h3-17,24-29H,2,18-20H2,1H3/t24-,25-,26+,27+,28-,29-,36-/m1/s1. The van der Waals surface area contributed by atoms with Gasteiger partial charge in [0.1, 0.15) is 24.4 Å². The van der Waals surface area contributed by atoms with Crippen molar-refractivity contribution in [2.75, 3.05) is 12.4 Å². The fraction of sp³-hybridized carbons (Fsp3) is 0.379. The molecule has 190 valence electrons. The third-order valence-electron chi connectivity index (χ3n) is 6.47. The lowest BCUT2D eigenvalue weighted by molar-refractivity contribution is -0.330. The lowest BCUT2D eigenvalue weighted by atomic mass is 9.98. The van der Waals surface area contributed by atoms with E-state index >= 15 is 0 Å². The maximum atomic E-state index is 13.1. The Balaban J connectivity index is 1.43. The third-order valence-corrected chi connectivity index (χ3v) is 7.94. The van der Waals surface area contributed by atoms with Crippen molar-refractivity contribution in [3.63, 3.8) is 0 Å². The van der Waals surface area contributed by atoms with Gasteiger partial charge in [0.15, 0.2) is 11.7 Å². The van der Waals surface area contributed by atoms with Crippen LogP contribution in [-0.4, -0.2) is 46.4 Å². The van der Waals surface area contributed by atoms with Crippen LogP contribution in [-0.2, 0) is 47.7 Å². The Kier molecular flexibility index (Phi) is 8.59. The van der Waals surface area contributed by atoms with Crippen LogP contribution in [0.3, 0.4) is 0 Å². The van der Waals surface area contributed by atoms with Gasteiger partial charge < -0.3 is 23.7 Å². The second kappa shape index (κ2) is 12.2. The van der Waals surface area contributed by atoms with Crippen molar-refractivity contribution in [2.45, 2.75) is 56.3 Å². The van der Waals surface area contributed by atoms with Gasteiger partial charge in [-0.05, 0) is 11.1 Å². The van der Waals surface area contributed by atoms with Gasteiger partial charge in [-0.1, -0.05) is 97.9 Å². The van der Waals surface area contributed by atoms with Crippen LogP contribution in [0.15, 0.2) is 91.0 Å². The van der Waals surface area contributed by atoms with Crippen LogP contribution in [0.25, 0.3) is 0 Å². The molecule has 7 atom stereocenters. The van der Waals surface area contributed by atoms with E-state index in [9.17, 15) is 4.21 Å². The van der Waals surface area contributed by atoms with E-state index in [0.29, 0.717) is 25.6 Å². The Morgan fingerprint density at radius 1 is 0.778 bits per heavy atom. The van der Waals surface area contributed by atoms with Gasteiger partial charge in [0, 0.05) is 11.3 Å². The van der Waals surface area contributed by atoms with Crippen molar-refractivity contribution in [1.29, 1.82) is 0 Å². The number of hydrogen-bond acceptors (Lipinski definition) is 6. The number of rotatable bonds is 9. The van der Waals surface area contributed by atoms with Crippen LogP contribution in [0.1, 0.15) is 29.9 Å². The van der Waals surface area contributed by atoms with Crippen LogP contribution in [0, 0.1) is 0 Å². The minimum Gasteiger partial charge on any atom is -0.368 e. The molecule has 7 heteroatoms. The van der Waals surface area contributed by atoms with Gasteiger partial charge in [-0.3, -0.25) is 4.21 Å². The SMILES string of the molecule is CC[S@@](=O)[C@H]1O[C@@H]2CO[C@@H](c3ccccc3)O[C@H]2[C@H](OCc2ccccc2)[C@@H]1OCc1ccccc1. The first-order valence-corrected chi connectivity index (χ1v) is 13.8. The molecule has 0 bridgehead atoms.